The number of esters is 1. The number of aliphatic hydroxyl groups is 1. The number of hydrogen-bond donors (Lipinski definition) is 2. The molecule has 3 fully saturated rings. The highest BCUT2D eigenvalue weighted by atomic mass is 32.2. The Balaban J connectivity index is 1.84. The van der Waals surface area contributed by atoms with Crippen LogP contribution < -0.4 is 5.32 Å². The summed E-state index contributed by atoms with van der Waals surface area (Å²) >= 11 is 1.70. The largest absolute Gasteiger partial charge is 0.466 e. The van der Waals surface area contributed by atoms with Gasteiger partial charge in [0.1, 0.15) is 6.04 Å². The van der Waals surface area contributed by atoms with Gasteiger partial charge in [0.25, 0.3) is 0 Å². The van der Waals surface area contributed by atoms with Gasteiger partial charge in [0.15, 0.2) is 0 Å². The molecule has 3 aliphatic heterocycles. The Morgan fingerprint density at radius 1 is 1.19 bits per heavy atom. The summed E-state index contributed by atoms with van der Waals surface area (Å²) in [6, 6.07) is -0.538. The van der Waals surface area contributed by atoms with Gasteiger partial charge in [-0.25, -0.2) is 0 Å². The van der Waals surface area contributed by atoms with Crippen molar-refractivity contribution in [2.75, 3.05) is 26.3 Å². The highest BCUT2D eigenvalue weighted by molar-refractivity contribution is 8.02. The number of carbonyl (C=O) groups is 3. The number of hydrogen-bond acceptors (Lipinski definition) is 6. The van der Waals surface area contributed by atoms with E-state index in [1.165, 1.54) is 0 Å². The van der Waals surface area contributed by atoms with Gasteiger partial charge >= 0.3 is 5.97 Å². The fourth-order valence-electron chi connectivity index (χ4n) is 6.00. The van der Waals surface area contributed by atoms with E-state index in [9.17, 15) is 14.4 Å². The summed E-state index contributed by atoms with van der Waals surface area (Å²) in [7, 11) is 0. The molecule has 32 heavy (non-hydrogen) atoms. The monoisotopic (exact) mass is 468 g/mol. The summed E-state index contributed by atoms with van der Waals surface area (Å²) in [6.45, 7) is 7.66. The minimum atomic E-state index is -0.556. The predicted molar refractivity (Wildman–Crippen MR) is 125 cm³/mol. The SMILES string of the molecule is CCCCCNC(=O)C1N(CCCCCCO)C(=O)[C@@H]2[C@@H](C(=O)OCC)[C@H]3CC(C)C12S3. The molecule has 182 valence electrons. The fourth-order valence-corrected chi connectivity index (χ4v) is 8.41. The van der Waals surface area contributed by atoms with E-state index in [1.807, 2.05) is 0 Å². The van der Waals surface area contributed by atoms with E-state index < -0.39 is 22.6 Å². The summed E-state index contributed by atoms with van der Waals surface area (Å²) in [6.07, 6.45) is 7.25. The zero-order valence-electron chi connectivity index (χ0n) is 19.8. The molecule has 3 saturated heterocycles. The van der Waals surface area contributed by atoms with Gasteiger partial charge in [-0.1, -0.05) is 39.5 Å². The molecule has 6 atom stereocenters. The van der Waals surface area contributed by atoms with E-state index >= 15 is 0 Å². The van der Waals surface area contributed by atoms with Gasteiger partial charge in [0.2, 0.25) is 11.8 Å². The summed E-state index contributed by atoms with van der Waals surface area (Å²) in [4.78, 5) is 41.9. The number of thioether (sulfide) groups is 1. The molecule has 0 aromatic carbocycles. The van der Waals surface area contributed by atoms with E-state index in [4.69, 9.17) is 9.84 Å². The molecule has 1 spiro atoms. The molecule has 3 unspecified atom stereocenters. The molecule has 0 saturated carbocycles. The molecule has 0 aromatic rings. The van der Waals surface area contributed by atoms with Crippen molar-refractivity contribution < 1.29 is 24.2 Å². The summed E-state index contributed by atoms with van der Waals surface area (Å²) in [5.74, 6) is -1.17. The van der Waals surface area contributed by atoms with Gasteiger partial charge in [0, 0.05) is 24.9 Å². The first-order valence-electron chi connectivity index (χ1n) is 12.5. The second kappa shape index (κ2) is 11.2. The highest BCUT2D eigenvalue weighted by Crippen LogP contribution is 2.68. The Labute approximate surface area is 196 Å². The maximum atomic E-state index is 13.7. The number of amides is 2. The lowest BCUT2D eigenvalue weighted by atomic mass is 9.66. The van der Waals surface area contributed by atoms with E-state index in [0.29, 0.717) is 19.7 Å². The van der Waals surface area contributed by atoms with Gasteiger partial charge in [-0.05, 0) is 38.5 Å². The van der Waals surface area contributed by atoms with E-state index in [-0.39, 0.29) is 35.6 Å². The third kappa shape index (κ3) is 4.54. The lowest BCUT2D eigenvalue weighted by molar-refractivity contribution is -0.154. The van der Waals surface area contributed by atoms with Gasteiger partial charge in [0.05, 0.1) is 23.2 Å². The summed E-state index contributed by atoms with van der Waals surface area (Å²) < 4.78 is 4.81. The van der Waals surface area contributed by atoms with Crippen molar-refractivity contribution in [3.05, 3.63) is 0 Å². The Bertz CT molecular complexity index is 689. The molecule has 8 heteroatoms. The molecular weight excluding hydrogens is 428 g/mol. The van der Waals surface area contributed by atoms with Crippen molar-refractivity contribution in [2.45, 2.75) is 88.2 Å². The minimum Gasteiger partial charge on any atom is -0.466 e. The smallest absolute Gasteiger partial charge is 0.310 e. The standard InChI is InChI=1S/C24H40N2O5S/c1-4-6-9-12-25-21(28)20-24-16(3)15-17(32-24)18(23(30)31-5-2)19(24)22(29)26(20)13-10-7-8-11-14-27/h16-20,27H,4-15H2,1-3H3,(H,25,28)/t16?,17-,18+,19+,20?,24?/m1/s1. The Morgan fingerprint density at radius 3 is 2.62 bits per heavy atom. The normalized spacial score (nSPS) is 32.9. The number of nitrogens with one attached hydrogen (secondary N) is 1. The van der Waals surface area contributed by atoms with Crippen molar-refractivity contribution in [2.24, 2.45) is 17.8 Å². The molecule has 3 aliphatic rings. The van der Waals surface area contributed by atoms with E-state index in [0.717, 1.165) is 51.4 Å². The van der Waals surface area contributed by atoms with Crippen LogP contribution in [0.3, 0.4) is 0 Å². The number of rotatable bonds is 13. The van der Waals surface area contributed by atoms with Crippen LogP contribution in [0.1, 0.15) is 72.1 Å². The molecule has 3 rings (SSSR count). The van der Waals surface area contributed by atoms with Crippen LogP contribution in [0.2, 0.25) is 0 Å². The van der Waals surface area contributed by atoms with Gasteiger partial charge in [-0.3, -0.25) is 14.4 Å². The highest BCUT2D eigenvalue weighted by Gasteiger charge is 2.76. The van der Waals surface area contributed by atoms with Gasteiger partial charge in [-0.2, -0.15) is 0 Å². The van der Waals surface area contributed by atoms with Crippen molar-refractivity contribution in [3.63, 3.8) is 0 Å². The second-order valence-corrected chi connectivity index (χ2v) is 11.0. The molecule has 0 aliphatic carbocycles. The van der Waals surface area contributed by atoms with Crippen molar-refractivity contribution >= 4 is 29.5 Å². The number of unbranched alkanes of at least 4 members (excludes halogenated alkanes) is 5. The number of fused-ring (bicyclic) bond motifs is 1. The number of ether oxygens (including phenoxy) is 1. The topological polar surface area (TPSA) is 95.9 Å². The Hall–Kier alpha value is -1.28. The molecule has 2 amide bonds. The molecule has 2 N–H and O–H groups in total. The van der Waals surface area contributed by atoms with E-state index in [1.54, 1.807) is 23.6 Å². The average Bonchev–Trinajstić information content (AvgIpc) is 3.35. The van der Waals surface area contributed by atoms with Crippen LogP contribution in [0.5, 0.6) is 0 Å². The van der Waals surface area contributed by atoms with Crippen LogP contribution in [-0.2, 0) is 19.1 Å². The molecular formula is C24H40N2O5S. The number of carbonyl (C=O) groups excluding carboxylic acids is 3. The zero-order valence-corrected chi connectivity index (χ0v) is 20.6. The van der Waals surface area contributed by atoms with Crippen LogP contribution in [-0.4, -0.2) is 70.1 Å². The van der Waals surface area contributed by atoms with Crippen LogP contribution in [0, 0.1) is 17.8 Å². The predicted octanol–water partition coefficient (Wildman–Crippen LogP) is 2.75. The minimum absolute atomic E-state index is 0.0418. The summed E-state index contributed by atoms with van der Waals surface area (Å²) in [5, 5.41) is 12.2. The first-order valence-corrected chi connectivity index (χ1v) is 13.3. The van der Waals surface area contributed by atoms with Crippen LogP contribution in [0.4, 0.5) is 0 Å². The third-order valence-corrected chi connectivity index (χ3v) is 9.52. The number of aliphatic hydroxyl groups excluding tert-OH is 1. The lowest BCUT2D eigenvalue weighted by Gasteiger charge is -2.38. The lowest BCUT2D eigenvalue weighted by Crippen LogP contribution is -2.56. The van der Waals surface area contributed by atoms with Crippen molar-refractivity contribution in [1.82, 2.24) is 10.2 Å². The van der Waals surface area contributed by atoms with Crippen LogP contribution in [0.25, 0.3) is 0 Å². The number of nitrogens with zero attached hydrogens (tertiary/aromatic N) is 1. The Kier molecular flexibility index (Phi) is 8.90. The molecule has 0 aromatic heterocycles. The third-order valence-electron chi connectivity index (χ3n) is 7.44. The maximum absolute atomic E-state index is 13.7. The van der Waals surface area contributed by atoms with E-state index in [2.05, 4.69) is 19.2 Å². The van der Waals surface area contributed by atoms with Crippen molar-refractivity contribution in [1.29, 1.82) is 0 Å². The maximum Gasteiger partial charge on any atom is 0.310 e. The molecule has 7 nitrogen and oxygen atoms in total. The number of likely N-dealkylation sites (tertiary alicyclic amines) is 1. The van der Waals surface area contributed by atoms with Crippen LogP contribution >= 0.6 is 11.8 Å². The second-order valence-electron chi connectivity index (χ2n) is 9.47. The first-order chi connectivity index (χ1) is 15.4. The fraction of sp³-hybridized carbons (Fsp3) is 0.875. The van der Waals surface area contributed by atoms with Crippen molar-refractivity contribution in [3.8, 4) is 0 Å². The van der Waals surface area contributed by atoms with Crippen LogP contribution in [0.15, 0.2) is 0 Å². The Morgan fingerprint density at radius 2 is 1.94 bits per heavy atom. The molecule has 2 bridgehead atoms. The molecule has 0 radical (unpaired) electrons. The first kappa shape index (κ1) is 25.3. The van der Waals surface area contributed by atoms with Gasteiger partial charge in [-0.15, -0.1) is 11.8 Å². The summed E-state index contributed by atoms with van der Waals surface area (Å²) in [5.41, 5.74) is 0. The molecule has 3 heterocycles. The quantitative estimate of drug-likeness (QED) is 0.319. The zero-order chi connectivity index (χ0) is 23.3. The average molecular weight is 469 g/mol. The van der Waals surface area contributed by atoms with Gasteiger partial charge < -0.3 is 20.1 Å².